The Bertz CT molecular complexity index is 689. The second-order valence-corrected chi connectivity index (χ2v) is 4.36. The molecular formula is C13H10ClNO3. The number of nitrogens with two attached hydrogens (primary N) is 1. The smallest absolute Gasteiger partial charge is 0.168 e. The first kappa shape index (κ1) is 11.3. The summed E-state index contributed by atoms with van der Waals surface area (Å²) in [5, 5.41) is 1.81. The lowest BCUT2D eigenvalue weighted by atomic mass is 10.0. The number of rotatable bonds is 3. The summed E-state index contributed by atoms with van der Waals surface area (Å²) in [6.07, 6.45) is 3.28. The molecule has 2 N–H and O–H groups in total. The highest BCUT2D eigenvalue weighted by molar-refractivity contribution is 6.41. The second-order valence-electron chi connectivity index (χ2n) is 3.98. The molecule has 0 atom stereocenters. The number of carbonyl (C=O) groups is 1. The van der Waals surface area contributed by atoms with Gasteiger partial charge < -0.3 is 14.6 Å². The van der Waals surface area contributed by atoms with Gasteiger partial charge in [-0.1, -0.05) is 11.6 Å². The van der Waals surface area contributed by atoms with Crippen molar-refractivity contribution in [2.45, 2.75) is 6.42 Å². The van der Waals surface area contributed by atoms with Crippen molar-refractivity contribution in [3.63, 3.8) is 0 Å². The number of fused-ring (bicyclic) bond motifs is 2. The van der Waals surface area contributed by atoms with E-state index in [9.17, 15) is 4.79 Å². The van der Waals surface area contributed by atoms with Gasteiger partial charge in [0.2, 0.25) is 0 Å². The van der Waals surface area contributed by atoms with Gasteiger partial charge in [0.1, 0.15) is 5.58 Å². The third-order valence-electron chi connectivity index (χ3n) is 2.91. The Morgan fingerprint density at radius 1 is 1.17 bits per heavy atom. The molecule has 0 aliphatic carbocycles. The van der Waals surface area contributed by atoms with Crippen molar-refractivity contribution in [2.24, 2.45) is 5.73 Å². The Labute approximate surface area is 107 Å². The van der Waals surface area contributed by atoms with Crippen LogP contribution in [0, 0.1) is 0 Å². The lowest BCUT2D eigenvalue weighted by Crippen LogP contribution is -2.08. The van der Waals surface area contributed by atoms with Gasteiger partial charge in [0.25, 0.3) is 0 Å². The molecule has 0 saturated carbocycles. The zero-order valence-electron chi connectivity index (χ0n) is 9.40. The number of ketones is 1. The van der Waals surface area contributed by atoms with Crippen LogP contribution in [0.5, 0.6) is 0 Å². The highest BCUT2D eigenvalue weighted by atomic mass is 35.5. The highest BCUT2D eigenvalue weighted by Gasteiger charge is 2.21. The van der Waals surface area contributed by atoms with Crippen molar-refractivity contribution >= 4 is 39.3 Å². The van der Waals surface area contributed by atoms with E-state index in [2.05, 4.69) is 0 Å². The highest BCUT2D eigenvalue weighted by Crippen LogP contribution is 2.37. The quantitative estimate of drug-likeness (QED) is 0.736. The van der Waals surface area contributed by atoms with Gasteiger partial charge in [-0.05, 0) is 18.7 Å². The van der Waals surface area contributed by atoms with Crippen molar-refractivity contribution in [2.75, 3.05) is 6.54 Å². The van der Waals surface area contributed by atoms with Gasteiger partial charge in [0, 0.05) is 17.2 Å². The summed E-state index contributed by atoms with van der Waals surface area (Å²) in [4.78, 5) is 12.2. The van der Waals surface area contributed by atoms with Crippen LogP contribution in [0.2, 0.25) is 5.02 Å². The zero-order valence-corrected chi connectivity index (χ0v) is 10.2. The number of Topliss-reactive ketones (excluding diaryl/α,β-unsaturated/α-hetero) is 1. The van der Waals surface area contributed by atoms with Gasteiger partial charge in [0.05, 0.1) is 23.1 Å². The summed E-state index contributed by atoms with van der Waals surface area (Å²) in [6, 6.07) is 3.44. The van der Waals surface area contributed by atoms with Crippen molar-refractivity contribution in [1.29, 1.82) is 0 Å². The predicted octanol–water partition coefficient (Wildman–Crippen LogP) is 3.36. The number of hydrogen-bond donors (Lipinski definition) is 1. The summed E-state index contributed by atoms with van der Waals surface area (Å²) in [5.41, 5.74) is 6.93. The molecule has 4 nitrogen and oxygen atoms in total. The average molecular weight is 264 g/mol. The van der Waals surface area contributed by atoms with E-state index in [1.807, 2.05) is 0 Å². The zero-order chi connectivity index (χ0) is 12.7. The lowest BCUT2D eigenvalue weighted by Gasteiger charge is -2.04. The van der Waals surface area contributed by atoms with Gasteiger partial charge in [-0.15, -0.1) is 0 Å². The summed E-state index contributed by atoms with van der Waals surface area (Å²) in [7, 11) is 0. The van der Waals surface area contributed by atoms with Crippen molar-refractivity contribution in [3.8, 4) is 0 Å². The maximum atomic E-state index is 12.2. The molecule has 0 spiro atoms. The van der Waals surface area contributed by atoms with E-state index in [-0.39, 0.29) is 12.2 Å². The van der Waals surface area contributed by atoms with Gasteiger partial charge in [-0.2, -0.15) is 0 Å². The van der Waals surface area contributed by atoms with Gasteiger partial charge in [-0.25, -0.2) is 0 Å². The van der Waals surface area contributed by atoms with Crippen molar-refractivity contribution in [1.82, 2.24) is 0 Å². The third kappa shape index (κ3) is 1.46. The molecule has 18 heavy (non-hydrogen) atoms. The van der Waals surface area contributed by atoms with E-state index in [1.165, 1.54) is 12.5 Å². The van der Waals surface area contributed by atoms with E-state index in [1.54, 1.807) is 12.1 Å². The monoisotopic (exact) mass is 263 g/mol. The summed E-state index contributed by atoms with van der Waals surface area (Å²) < 4.78 is 10.7. The first-order valence-electron chi connectivity index (χ1n) is 5.53. The first-order chi connectivity index (χ1) is 8.74. The molecule has 0 aliphatic rings. The lowest BCUT2D eigenvalue weighted by molar-refractivity contribution is 0.0987. The molecule has 0 unspecified atom stereocenters. The Hall–Kier alpha value is -1.78. The topological polar surface area (TPSA) is 69.4 Å². The molecule has 5 heteroatoms. The van der Waals surface area contributed by atoms with E-state index >= 15 is 0 Å². The van der Waals surface area contributed by atoms with Gasteiger partial charge in [-0.3, -0.25) is 4.79 Å². The first-order valence-corrected chi connectivity index (χ1v) is 5.91. The van der Waals surface area contributed by atoms with Crippen LogP contribution in [0.1, 0.15) is 16.8 Å². The molecule has 0 amide bonds. The summed E-state index contributed by atoms with van der Waals surface area (Å²) >= 11 is 6.22. The summed E-state index contributed by atoms with van der Waals surface area (Å²) in [6.45, 7) is 0.295. The number of halogens is 1. The van der Waals surface area contributed by atoms with E-state index in [0.717, 1.165) is 0 Å². The van der Waals surface area contributed by atoms with Crippen LogP contribution in [0.4, 0.5) is 0 Å². The Morgan fingerprint density at radius 2 is 1.83 bits per heavy atom. The molecule has 1 aromatic carbocycles. The van der Waals surface area contributed by atoms with E-state index in [4.69, 9.17) is 26.2 Å². The number of furan rings is 2. The van der Waals surface area contributed by atoms with Crippen LogP contribution < -0.4 is 5.73 Å². The average Bonchev–Trinajstić information content (AvgIpc) is 2.97. The van der Waals surface area contributed by atoms with Crippen LogP contribution >= 0.6 is 11.6 Å². The molecule has 3 aromatic rings. The fourth-order valence-corrected chi connectivity index (χ4v) is 2.42. The fraction of sp³-hybridized carbons (Fsp3) is 0.154. The molecule has 0 radical (unpaired) electrons. The van der Waals surface area contributed by atoms with Crippen molar-refractivity contribution < 1.29 is 13.6 Å². The van der Waals surface area contributed by atoms with Gasteiger partial charge in [0.15, 0.2) is 11.4 Å². The van der Waals surface area contributed by atoms with Crippen LogP contribution in [0.3, 0.4) is 0 Å². The molecule has 0 aliphatic heterocycles. The number of carbonyl (C=O) groups excluding carboxylic acids is 1. The minimum atomic E-state index is -0.0690. The van der Waals surface area contributed by atoms with Gasteiger partial charge >= 0.3 is 0 Å². The minimum absolute atomic E-state index is 0.0690. The Kier molecular flexibility index (Phi) is 2.61. The normalized spacial score (nSPS) is 11.4. The van der Waals surface area contributed by atoms with E-state index < -0.39 is 0 Å². The molecule has 92 valence electrons. The SMILES string of the molecule is NCCC(=O)c1c2ccoc2c(Cl)c2ccoc12. The standard InChI is InChI=1S/C13H10ClNO3/c14-11-8-3-6-17-12(8)10(9(16)1-4-15)7-2-5-18-13(7)11/h2-3,5-6H,1,4,15H2. The van der Waals surface area contributed by atoms with Crippen LogP contribution in [0.25, 0.3) is 21.9 Å². The molecule has 0 saturated heterocycles. The van der Waals surface area contributed by atoms with Crippen LogP contribution in [-0.4, -0.2) is 12.3 Å². The molecule has 0 bridgehead atoms. The summed E-state index contributed by atoms with van der Waals surface area (Å²) in [5.74, 6) is -0.0690. The van der Waals surface area contributed by atoms with Crippen LogP contribution in [0.15, 0.2) is 33.5 Å². The van der Waals surface area contributed by atoms with E-state index in [0.29, 0.717) is 39.1 Å². The second kappa shape index (κ2) is 4.15. The maximum Gasteiger partial charge on any atom is 0.168 e. The molecule has 0 fully saturated rings. The Morgan fingerprint density at radius 3 is 2.56 bits per heavy atom. The third-order valence-corrected chi connectivity index (χ3v) is 3.29. The molecular weight excluding hydrogens is 254 g/mol. The fourth-order valence-electron chi connectivity index (χ4n) is 2.13. The maximum absolute atomic E-state index is 12.2. The molecule has 2 heterocycles. The predicted molar refractivity (Wildman–Crippen MR) is 69.0 cm³/mol. The minimum Gasteiger partial charge on any atom is -0.463 e. The van der Waals surface area contributed by atoms with Crippen molar-refractivity contribution in [3.05, 3.63) is 35.2 Å². The number of hydrogen-bond acceptors (Lipinski definition) is 4. The Balaban J connectivity index is 2.43. The molecule has 3 rings (SSSR count). The molecule has 2 aromatic heterocycles. The largest absolute Gasteiger partial charge is 0.463 e. The van der Waals surface area contributed by atoms with Crippen LogP contribution in [-0.2, 0) is 0 Å². The number of benzene rings is 1.